The topological polar surface area (TPSA) is 29.5 Å². The third-order valence-electron chi connectivity index (χ3n) is 0.197. The van der Waals surface area contributed by atoms with Crippen LogP contribution in [0, 0.1) is 0 Å². The van der Waals surface area contributed by atoms with E-state index in [-0.39, 0.29) is 0 Å². The fourth-order valence-corrected chi connectivity index (χ4v) is 0. The average Bonchev–Trinajstić information content (AvgIpc) is 1.38. The highest BCUT2D eigenvalue weighted by Crippen LogP contribution is 1.65. The largest absolute Gasteiger partial charge is 0.557 e. The van der Waals surface area contributed by atoms with Crippen molar-refractivity contribution in [2.24, 2.45) is 0 Å². The van der Waals surface area contributed by atoms with Crippen LogP contribution in [0.4, 0.5) is 0 Å². The van der Waals surface area contributed by atoms with E-state index in [1.807, 2.05) is 16.6 Å². The maximum atomic E-state index is 8.12. The predicted molar refractivity (Wildman–Crippen MR) is 20.7 cm³/mol. The van der Waals surface area contributed by atoms with Gasteiger partial charge in [0, 0.05) is 0 Å². The Morgan fingerprint density at radius 1 is 2.00 bits per heavy atom. The van der Waals surface area contributed by atoms with Gasteiger partial charge in [-0.15, -0.1) is 0 Å². The monoisotopic (exact) mass is 86.0 g/mol. The van der Waals surface area contributed by atoms with Gasteiger partial charge in [-0.2, -0.15) is 0 Å². The quantitative estimate of drug-likeness (QED) is 0.423. The summed E-state index contributed by atoms with van der Waals surface area (Å²) in [5, 5.41) is 8.12. The van der Waals surface area contributed by atoms with Crippen molar-refractivity contribution in [1.29, 1.82) is 0 Å². The van der Waals surface area contributed by atoms with Gasteiger partial charge in [-0.1, -0.05) is 0 Å². The molecule has 0 aliphatic rings. The van der Waals surface area contributed by atoms with Gasteiger partial charge in [-0.05, 0) is 6.82 Å². The summed E-state index contributed by atoms with van der Waals surface area (Å²) in [7, 11) is -0.653. The summed E-state index contributed by atoms with van der Waals surface area (Å²) in [5.74, 6) is 0. The van der Waals surface area contributed by atoms with Crippen LogP contribution in [0.25, 0.3) is 0 Å². The van der Waals surface area contributed by atoms with Crippen LogP contribution >= 0.6 is 0 Å². The molecule has 0 aromatic carbocycles. The molecule has 0 unspecified atom stereocenters. The first kappa shape index (κ1) is 5.52. The second-order valence-corrected chi connectivity index (χ2v) is 1.01. The van der Waals surface area contributed by atoms with E-state index in [1.165, 1.54) is 6.82 Å². The lowest BCUT2D eigenvalue weighted by Crippen LogP contribution is -2.08. The molecule has 0 aromatic rings. The van der Waals surface area contributed by atoms with Gasteiger partial charge in [-0.3, -0.25) is 0 Å². The Labute approximate surface area is 40.0 Å². The number of rotatable bonds is 1. The molecule has 0 atom stereocenters. The Morgan fingerprint density at radius 2 is 2.20 bits per heavy atom. The molecule has 4 heteroatoms. The lowest BCUT2D eigenvalue weighted by atomic mass is 9.98. The maximum absolute atomic E-state index is 8.12. The molecule has 1 N–H and O–H groups in total. The highest BCUT2D eigenvalue weighted by Gasteiger charge is 1.91. The van der Waals surface area contributed by atoms with Crippen molar-refractivity contribution in [1.82, 2.24) is 0 Å². The van der Waals surface area contributed by atoms with E-state index in [1.54, 1.807) is 0 Å². The van der Waals surface area contributed by atoms with Gasteiger partial charge in [0.25, 0.3) is 0 Å². The van der Waals surface area contributed by atoms with Crippen molar-refractivity contribution < 1.29 is 8.73 Å². The SMILES string of the molecule is CB(O)[O][Al]. The highest BCUT2D eigenvalue weighted by molar-refractivity contribution is 6.45. The summed E-state index contributed by atoms with van der Waals surface area (Å²) < 4.78 is 4.22. The Morgan fingerprint density at radius 3 is 2.20 bits per heavy atom. The van der Waals surface area contributed by atoms with E-state index in [0.29, 0.717) is 0 Å². The van der Waals surface area contributed by atoms with Crippen molar-refractivity contribution in [2.45, 2.75) is 6.82 Å². The van der Waals surface area contributed by atoms with Crippen LogP contribution in [-0.4, -0.2) is 28.8 Å². The smallest absolute Gasteiger partial charge is 0.419 e. The Bertz CT molecular complexity index is 23.6. The van der Waals surface area contributed by atoms with E-state index in [9.17, 15) is 0 Å². The first-order valence-electron chi connectivity index (χ1n) is 1.31. The van der Waals surface area contributed by atoms with Gasteiger partial charge in [0.15, 0.2) is 0 Å². The molecule has 2 nitrogen and oxygen atoms in total. The maximum Gasteiger partial charge on any atom is 0.419 e. The van der Waals surface area contributed by atoms with Crippen LogP contribution in [0.2, 0.25) is 6.82 Å². The Balaban J connectivity index is 2.54. The average molecular weight is 85.8 g/mol. The second kappa shape index (κ2) is 2.74. The number of hydrogen-bond acceptors (Lipinski definition) is 2. The van der Waals surface area contributed by atoms with Gasteiger partial charge in [0.2, 0.25) is 0 Å². The highest BCUT2D eigenvalue weighted by atomic mass is 27.1. The molecule has 0 saturated heterocycles. The molecule has 0 fully saturated rings. The Kier molecular flexibility index (Phi) is 3.02. The van der Waals surface area contributed by atoms with Crippen molar-refractivity contribution in [3.63, 3.8) is 0 Å². The molecule has 0 aliphatic heterocycles. The zero-order valence-corrected chi connectivity index (χ0v) is 4.16. The van der Waals surface area contributed by atoms with E-state index < -0.39 is 7.12 Å². The zero-order valence-electron chi connectivity index (χ0n) is 3.01. The fraction of sp³-hybridized carbons (Fsp3) is 1.00. The van der Waals surface area contributed by atoms with E-state index in [0.717, 1.165) is 0 Å². The summed E-state index contributed by atoms with van der Waals surface area (Å²) in [6.07, 6.45) is 0. The normalized spacial score (nSPS) is 7.60. The molecule has 0 heterocycles. The van der Waals surface area contributed by atoms with Crippen molar-refractivity contribution in [3.05, 3.63) is 0 Å². The third-order valence-corrected chi connectivity index (χ3v) is 0.591. The Hall–Kier alpha value is 0.517. The van der Waals surface area contributed by atoms with Crippen molar-refractivity contribution in [3.8, 4) is 0 Å². The number of hydrogen-bond donors (Lipinski definition) is 1. The van der Waals surface area contributed by atoms with E-state index in [2.05, 4.69) is 3.71 Å². The lowest BCUT2D eigenvalue weighted by molar-refractivity contribution is 0.447. The molecular weight excluding hydrogens is 81.8 g/mol. The predicted octanol–water partition coefficient (Wildman–Crippen LogP) is -0.803. The van der Waals surface area contributed by atoms with Gasteiger partial charge >= 0.3 is 23.7 Å². The molecule has 0 spiro atoms. The summed E-state index contributed by atoms with van der Waals surface area (Å²) in [6, 6.07) is 0. The molecule has 5 heavy (non-hydrogen) atoms. The van der Waals surface area contributed by atoms with Crippen LogP contribution in [0.3, 0.4) is 0 Å². The summed E-state index contributed by atoms with van der Waals surface area (Å²) in [6.45, 7) is 1.53. The molecule has 0 bridgehead atoms. The van der Waals surface area contributed by atoms with E-state index in [4.69, 9.17) is 5.02 Å². The van der Waals surface area contributed by atoms with Gasteiger partial charge in [0.05, 0.1) is 0 Å². The second-order valence-electron chi connectivity index (χ2n) is 0.735. The molecule has 26 valence electrons. The molecule has 0 aromatic heterocycles. The summed E-state index contributed by atoms with van der Waals surface area (Å²) in [4.78, 5) is 0. The lowest BCUT2D eigenvalue weighted by Gasteiger charge is -1.90. The molecule has 2 radical (unpaired) electrons. The molecule has 0 rings (SSSR count). The van der Waals surface area contributed by atoms with Crippen LogP contribution in [0.15, 0.2) is 0 Å². The summed E-state index contributed by atoms with van der Waals surface area (Å²) in [5.41, 5.74) is 0. The molecule has 0 amide bonds. The summed E-state index contributed by atoms with van der Waals surface area (Å²) >= 11 is 1.94. The van der Waals surface area contributed by atoms with Crippen LogP contribution < -0.4 is 0 Å². The minimum Gasteiger partial charge on any atom is -0.557 e. The van der Waals surface area contributed by atoms with Gasteiger partial charge in [0.1, 0.15) is 0 Å². The third kappa shape index (κ3) is 4.52. The minimum absolute atomic E-state index is 0.653. The van der Waals surface area contributed by atoms with E-state index >= 15 is 0 Å². The fourth-order valence-electron chi connectivity index (χ4n) is 0. The van der Waals surface area contributed by atoms with Crippen LogP contribution in [0.1, 0.15) is 0 Å². The minimum atomic E-state index is -0.653. The molecule has 0 saturated carbocycles. The van der Waals surface area contributed by atoms with Crippen LogP contribution in [-0.2, 0) is 3.71 Å². The molecule has 0 aliphatic carbocycles. The first-order valence-corrected chi connectivity index (χ1v) is 1.78. The van der Waals surface area contributed by atoms with Gasteiger partial charge < -0.3 is 8.73 Å². The zero-order chi connectivity index (χ0) is 4.28. The van der Waals surface area contributed by atoms with Crippen molar-refractivity contribution >= 4 is 23.7 Å². The standard InChI is InChI=1S/CH4BO2.Al/c1-2(3)4;/h3H,1H3;/q-1;+1. The van der Waals surface area contributed by atoms with Crippen LogP contribution in [0.5, 0.6) is 0 Å². The first-order chi connectivity index (χ1) is 2.27. The van der Waals surface area contributed by atoms with Gasteiger partial charge in [-0.25, -0.2) is 0 Å². The van der Waals surface area contributed by atoms with Crippen molar-refractivity contribution in [2.75, 3.05) is 0 Å². The molecular formula is CH4AlBO2.